The van der Waals surface area contributed by atoms with Crippen molar-refractivity contribution in [3.8, 4) is 5.75 Å². The number of nitrogens with two attached hydrogens (primary N) is 1. The van der Waals surface area contributed by atoms with Crippen molar-refractivity contribution in [3.05, 3.63) is 29.8 Å². The second kappa shape index (κ2) is 6.57. The van der Waals surface area contributed by atoms with Gasteiger partial charge in [-0.2, -0.15) is 0 Å². The Balaban J connectivity index is 2.46. The molecule has 0 saturated carbocycles. The van der Waals surface area contributed by atoms with E-state index < -0.39 is 5.60 Å². The minimum atomic E-state index is -0.461. The van der Waals surface area contributed by atoms with Gasteiger partial charge in [0.2, 0.25) is 0 Å². The van der Waals surface area contributed by atoms with Gasteiger partial charge in [-0.1, -0.05) is 12.1 Å². The van der Waals surface area contributed by atoms with Crippen molar-refractivity contribution in [3.63, 3.8) is 0 Å². The summed E-state index contributed by atoms with van der Waals surface area (Å²) in [5, 5.41) is 0. The van der Waals surface area contributed by atoms with Crippen LogP contribution in [0, 0.1) is 0 Å². The predicted octanol–water partition coefficient (Wildman–Crippen LogP) is 2.30. The van der Waals surface area contributed by atoms with E-state index in [1.807, 2.05) is 45.0 Å². The summed E-state index contributed by atoms with van der Waals surface area (Å²) in [6, 6.07) is 7.44. The first kappa shape index (κ1) is 15.5. The average molecular weight is 265 g/mol. The van der Waals surface area contributed by atoms with Crippen molar-refractivity contribution in [1.82, 2.24) is 0 Å². The molecule has 1 atom stereocenters. The zero-order valence-corrected chi connectivity index (χ0v) is 12.1. The highest BCUT2D eigenvalue weighted by Gasteiger charge is 2.18. The Morgan fingerprint density at radius 1 is 1.26 bits per heavy atom. The first-order valence-corrected chi connectivity index (χ1v) is 6.40. The molecule has 0 aliphatic rings. The van der Waals surface area contributed by atoms with Crippen LogP contribution in [0.4, 0.5) is 0 Å². The third kappa shape index (κ3) is 6.25. The van der Waals surface area contributed by atoms with E-state index in [9.17, 15) is 4.79 Å². The third-order valence-electron chi connectivity index (χ3n) is 2.51. The molecule has 0 aromatic heterocycles. The lowest BCUT2D eigenvalue weighted by molar-refractivity contribution is -0.155. The molecule has 0 heterocycles. The average Bonchev–Trinajstić information content (AvgIpc) is 2.27. The molecule has 19 heavy (non-hydrogen) atoms. The normalized spacial score (nSPS) is 12.9. The summed E-state index contributed by atoms with van der Waals surface area (Å²) in [4.78, 5) is 11.6. The number of rotatable bonds is 5. The zero-order chi connectivity index (χ0) is 14.5. The number of carbonyl (C=O) groups is 1. The van der Waals surface area contributed by atoms with Crippen LogP contribution in [-0.2, 0) is 16.0 Å². The van der Waals surface area contributed by atoms with Gasteiger partial charge < -0.3 is 15.2 Å². The number of benzene rings is 1. The van der Waals surface area contributed by atoms with Gasteiger partial charge in [0.15, 0.2) is 0 Å². The molecular weight excluding hydrogens is 242 g/mol. The lowest BCUT2D eigenvalue weighted by Crippen LogP contribution is -2.31. The van der Waals surface area contributed by atoms with Crippen molar-refractivity contribution < 1.29 is 14.3 Å². The van der Waals surface area contributed by atoms with E-state index in [0.717, 1.165) is 11.3 Å². The van der Waals surface area contributed by atoms with Crippen molar-refractivity contribution >= 4 is 5.97 Å². The number of hydrogen-bond donors (Lipinski definition) is 1. The van der Waals surface area contributed by atoms with Gasteiger partial charge in [-0.05, 0) is 44.9 Å². The predicted molar refractivity (Wildman–Crippen MR) is 75.1 cm³/mol. The summed E-state index contributed by atoms with van der Waals surface area (Å²) < 4.78 is 10.3. The van der Waals surface area contributed by atoms with Crippen LogP contribution in [0.5, 0.6) is 5.75 Å². The molecule has 0 aliphatic carbocycles. The van der Waals surface area contributed by atoms with Crippen LogP contribution in [0.1, 0.15) is 32.8 Å². The minimum Gasteiger partial charge on any atom is -0.497 e. The number of esters is 1. The smallest absolute Gasteiger partial charge is 0.307 e. The standard InChI is InChI=1S/C15H23NO3/c1-15(2,3)19-14(17)10-12(16)9-11-5-7-13(18-4)8-6-11/h5-8,12H,9-10,16H2,1-4H3/t12-/m1/s1. The molecule has 0 radical (unpaired) electrons. The van der Waals surface area contributed by atoms with E-state index in [1.54, 1.807) is 7.11 Å². The molecule has 1 aromatic rings. The quantitative estimate of drug-likeness (QED) is 0.830. The molecule has 0 unspecified atom stereocenters. The summed E-state index contributed by atoms with van der Waals surface area (Å²) in [5.74, 6) is 0.554. The Hall–Kier alpha value is -1.55. The summed E-state index contributed by atoms with van der Waals surface area (Å²) >= 11 is 0. The first-order valence-electron chi connectivity index (χ1n) is 6.40. The van der Waals surface area contributed by atoms with Crippen LogP contribution >= 0.6 is 0 Å². The van der Waals surface area contributed by atoms with Gasteiger partial charge >= 0.3 is 5.97 Å². The topological polar surface area (TPSA) is 61.5 Å². The number of methoxy groups -OCH3 is 1. The third-order valence-corrected chi connectivity index (χ3v) is 2.51. The summed E-state index contributed by atoms with van der Waals surface area (Å²) in [6.45, 7) is 5.54. The van der Waals surface area contributed by atoms with Crippen LogP contribution in [0.3, 0.4) is 0 Å². The van der Waals surface area contributed by atoms with Gasteiger partial charge in [0.25, 0.3) is 0 Å². The Morgan fingerprint density at radius 3 is 2.32 bits per heavy atom. The molecule has 0 spiro atoms. The molecule has 0 bridgehead atoms. The summed E-state index contributed by atoms with van der Waals surface area (Å²) in [6.07, 6.45) is 0.868. The Labute approximate surface area is 114 Å². The Morgan fingerprint density at radius 2 is 1.84 bits per heavy atom. The Bertz CT molecular complexity index is 406. The van der Waals surface area contributed by atoms with Crippen molar-refractivity contribution in [1.29, 1.82) is 0 Å². The van der Waals surface area contributed by atoms with Crippen molar-refractivity contribution in [2.45, 2.75) is 45.3 Å². The van der Waals surface area contributed by atoms with E-state index in [4.69, 9.17) is 15.2 Å². The van der Waals surface area contributed by atoms with Crippen LogP contribution in [-0.4, -0.2) is 24.7 Å². The Kier molecular flexibility index (Phi) is 5.36. The van der Waals surface area contributed by atoms with Gasteiger partial charge in [0.1, 0.15) is 11.4 Å². The fourth-order valence-corrected chi connectivity index (χ4v) is 1.73. The molecule has 0 saturated heterocycles. The fraction of sp³-hybridized carbons (Fsp3) is 0.533. The maximum absolute atomic E-state index is 11.6. The second-order valence-electron chi connectivity index (χ2n) is 5.60. The highest BCUT2D eigenvalue weighted by molar-refractivity contribution is 5.70. The maximum Gasteiger partial charge on any atom is 0.307 e. The van der Waals surface area contributed by atoms with Crippen LogP contribution < -0.4 is 10.5 Å². The van der Waals surface area contributed by atoms with Crippen molar-refractivity contribution in [2.75, 3.05) is 7.11 Å². The SMILES string of the molecule is COc1ccc(C[C@@H](N)CC(=O)OC(C)(C)C)cc1. The fourth-order valence-electron chi connectivity index (χ4n) is 1.73. The second-order valence-corrected chi connectivity index (χ2v) is 5.60. The van der Waals surface area contributed by atoms with E-state index in [2.05, 4.69) is 0 Å². The van der Waals surface area contributed by atoms with Crippen LogP contribution in [0.15, 0.2) is 24.3 Å². The summed E-state index contributed by atoms with van der Waals surface area (Å²) in [5.41, 5.74) is 6.58. The lowest BCUT2D eigenvalue weighted by atomic mass is 10.0. The lowest BCUT2D eigenvalue weighted by Gasteiger charge is -2.21. The maximum atomic E-state index is 11.6. The molecule has 0 amide bonds. The highest BCUT2D eigenvalue weighted by atomic mass is 16.6. The van der Waals surface area contributed by atoms with E-state index in [0.29, 0.717) is 6.42 Å². The number of hydrogen-bond acceptors (Lipinski definition) is 4. The van der Waals surface area contributed by atoms with Gasteiger partial charge in [0, 0.05) is 6.04 Å². The van der Waals surface area contributed by atoms with E-state index in [1.165, 1.54) is 0 Å². The zero-order valence-electron chi connectivity index (χ0n) is 12.1. The van der Waals surface area contributed by atoms with E-state index in [-0.39, 0.29) is 18.4 Å². The molecule has 2 N–H and O–H groups in total. The molecular formula is C15H23NO3. The largest absolute Gasteiger partial charge is 0.497 e. The minimum absolute atomic E-state index is 0.225. The number of ether oxygens (including phenoxy) is 2. The molecule has 0 aliphatic heterocycles. The molecule has 1 rings (SSSR count). The molecule has 0 fully saturated rings. The number of carbonyl (C=O) groups excluding carboxylic acids is 1. The molecule has 1 aromatic carbocycles. The molecule has 106 valence electrons. The van der Waals surface area contributed by atoms with E-state index >= 15 is 0 Å². The molecule has 4 heteroatoms. The highest BCUT2D eigenvalue weighted by Crippen LogP contribution is 2.14. The first-order chi connectivity index (χ1) is 8.80. The van der Waals surface area contributed by atoms with Gasteiger partial charge in [-0.3, -0.25) is 4.79 Å². The van der Waals surface area contributed by atoms with Crippen LogP contribution in [0.25, 0.3) is 0 Å². The summed E-state index contributed by atoms with van der Waals surface area (Å²) in [7, 11) is 1.63. The monoisotopic (exact) mass is 265 g/mol. The molecule has 4 nitrogen and oxygen atoms in total. The van der Waals surface area contributed by atoms with Crippen molar-refractivity contribution in [2.24, 2.45) is 5.73 Å². The van der Waals surface area contributed by atoms with Crippen LogP contribution in [0.2, 0.25) is 0 Å². The van der Waals surface area contributed by atoms with Gasteiger partial charge in [-0.15, -0.1) is 0 Å². The van der Waals surface area contributed by atoms with Gasteiger partial charge in [0.05, 0.1) is 13.5 Å². The van der Waals surface area contributed by atoms with Gasteiger partial charge in [-0.25, -0.2) is 0 Å².